The number of hydrogen-bond acceptors (Lipinski definition) is 6. The highest BCUT2D eigenvalue weighted by atomic mass is 32.2. The first-order chi connectivity index (χ1) is 15.5. The molecule has 33 heavy (non-hydrogen) atoms. The van der Waals surface area contributed by atoms with Gasteiger partial charge in [-0.1, -0.05) is 18.2 Å². The number of hydrogen-bond donors (Lipinski definition) is 1. The summed E-state index contributed by atoms with van der Waals surface area (Å²) in [4.78, 5) is 14.7. The van der Waals surface area contributed by atoms with Crippen molar-refractivity contribution in [1.29, 1.82) is 4.78 Å². The van der Waals surface area contributed by atoms with Crippen molar-refractivity contribution < 1.29 is 26.5 Å². The number of fused-ring (bicyclic) bond motifs is 1. The zero-order valence-electron chi connectivity index (χ0n) is 17.6. The lowest BCUT2D eigenvalue weighted by Crippen LogP contribution is -2.17. The van der Waals surface area contributed by atoms with Crippen molar-refractivity contribution in [1.82, 2.24) is 4.90 Å². The maximum atomic E-state index is 12.9. The molecule has 2 aromatic carbocycles. The van der Waals surface area contributed by atoms with Crippen molar-refractivity contribution in [3.63, 3.8) is 0 Å². The Morgan fingerprint density at radius 1 is 1.09 bits per heavy atom. The summed E-state index contributed by atoms with van der Waals surface area (Å²) in [5, 5.41) is 0. The first-order valence-corrected chi connectivity index (χ1v) is 11.9. The van der Waals surface area contributed by atoms with E-state index in [4.69, 9.17) is 13.9 Å². The second-order valence-electron chi connectivity index (χ2n) is 7.98. The van der Waals surface area contributed by atoms with Crippen LogP contribution in [0.5, 0.6) is 5.75 Å². The minimum absolute atomic E-state index is 0.0298. The predicted molar refractivity (Wildman–Crippen MR) is 115 cm³/mol. The fourth-order valence-corrected chi connectivity index (χ4v) is 4.26. The number of nitrogens with zero attached hydrogens (tertiary/aromatic N) is 1. The van der Waals surface area contributed by atoms with Gasteiger partial charge in [-0.2, -0.15) is 13.2 Å². The van der Waals surface area contributed by atoms with Crippen LogP contribution in [0, 0.1) is 4.78 Å². The first kappa shape index (κ1) is 23.1. The number of nitrogens with one attached hydrogen (secondary N) is 1. The molecule has 0 saturated carbocycles. The van der Waals surface area contributed by atoms with Gasteiger partial charge in [0.2, 0.25) is 11.2 Å². The van der Waals surface area contributed by atoms with E-state index in [2.05, 4.69) is 0 Å². The number of alkyl halides is 3. The Hall–Kier alpha value is -3.11. The number of benzene rings is 2. The van der Waals surface area contributed by atoms with E-state index in [0.29, 0.717) is 29.3 Å². The average molecular weight is 478 g/mol. The fourth-order valence-electron chi connectivity index (χ4n) is 3.61. The number of halogens is 3. The quantitative estimate of drug-likeness (QED) is 0.551. The van der Waals surface area contributed by atoms with Gasteiger partial charge in [-0.25, -0.2) is 8.99 Å². The van der Waals surface area contributed by atoms with Crippen molar-refractivity contribution in [2.45, 2.75) is 37.3 Å². The standard InChI is InChI=1S/C23H21F3N2O4S/c1-33(27,30)20-6-2-15(3-7-20)13-32-22-14-31-19(9-21(22)29)12-28-10-16-4-5-18(23(24,25)26)8-17(16)11-28/h2-9,14,27H,10-13H2,1H3/t33-/m1/s1. The summed E-state index contributed by atoms with van der Waals surface area (Å²) in [5.41, 5.74) is 1.13. The Labute approximate surface area is 188 Å². The van der Waals surface area contributed by atoms with E-state index >= 15 is 0 Å². The zero-order valence-corrected chi connectivity index (χ0v) is 18.5. The summed E-state index contributed by atoms with van der Waals surface area (Å²) >= 11 is 0. The summed E-state index contributed by atoms with van der Waals surface area (Å²) in [5.74, 6) is 0.413. The van der Waals surface area contributed by atoms with Gasteiger partial charge < -0.3 is 9.15 Å². The van der Waals surface area contributed by atoms with Crippen LogP contribution in [0.1, 0.15) is 28.0 Å². The van der Waals surface area contributed by atoms with Gasteiger partial charge in [0, 0.05) is 30.3 Å². The summed E-state index contributed by atoms with van der Waals surface area (Å²) in [6.45, 7) is 1.17. The van der Waals surface area contributed by atoms with Crippen LogP contribution in [0.3, 0.4) is 0 Å². The number of ether oxygens (including phenoxy) is 1. The van der Waals surface area contributed by atoms with Crippen LogP contribution in [0.4, 0.5) is 13.2 Å². The van der Waals surface area contributed by atoms with Gasteiger partial charge in [-0.3, -0.25) is 9.69 Å². The van der Waals surface area contributed by atoms with Crippen molar-refractivity contribution >= 4 is 9.73 Å². The maximum absolute atomic E-state index is 12.9. The van der Waals surface area contributed by atoms with Gasteiger partial charge in [0.15, 0.2) is 0 Å². The molecule has 4 rings (SSSR count). The molecule has 0 amide bonds. The monoisotopic (exact) mass is 478 g/mol. The molecular formula is C23H21F3N2O4S. The molecule has 0 aliphatic carbocycles. The molecule has 0 radical (unpaired) electrons. The molecule has 1 aromatic heterocycles. The second kappa shape index (κ2) is 8.68. The second-order valence-corrected chi connectivity index (χ2v) is 10.1. The molecule has 0 saturated heterocycles. The Morgan fingerprint density at radius 3 is 2.42 bits per heavy atom. The van der Waals surface area contributed by atoms with Gasteiger partial charge in [-0.05, 0) is 41.0 Å². The van der Waals surface area contributed by atoms with Crippen molar-refractivity contribution in [3.8, 4) is 5.75 Å². The van der Waals surface area contributed by atoms with E-state index in [1.165, 1.54) is 24.7 Å². The van der Waals surface area contributed by atoms with Crippen LogP contribution in [-0.2, 0) is 42.1 Å². The molecule has 1 N–H and O–H groups in total. The normalized spacial score (nSPS) is 15.8. The molecule has 1 aliphatic rings. The van der Waals surface area contributed by atoms with Crippen molar-refractivity contribution in [2.75, 3.05) is 6.26 Å². The van der Waals surface area contributed by atoms with E-state index in [0.717, 1.165) is 23.3 Å². The molecule has 10 heteroatoms. The average Bonchev–Trinajstić information content (AvgIpc) is 3.13. The van der Waals surface area contributed by atoms with Crippen molar-refractivity contribution in [2.24, 2.45) is 0 Å². The van der Waals surface area contributed by atoms with E-state index in [-0.39, 0.29) is 24.3 Å². The van der Waals surface area contributed by atoms with Crippen molar-refractivity contribution in [3.05, 3.63) is 93.0 Å². The van der Waals surface area contributed by atoms with E-state index < -0.39 is 21.5 Å². The molecule has 1 atom stereocenters. The highest BCUT2D eigenvalue weighted by Gasteiger charge is 2.32. The van der Waals surface area contributed by atoms with Crippen LogP contribution >= 0.6 is 0 Å². The van der Waals surface area contributed by atoms with Crippen LogP contribution < -0.4 is 10.2 Å². The first-order valence-electron chi connectivity index (χ1n) is 9.98. The highest BCUT2D eigenvalue weighted by molar-refractivity contribution is 7.91. The third-order valence-corrected chi connectivity index (χ3v) is 6.49. The largest absolute Gasteiger partial charge is 0.482 e. The topological polar surface area (TPSA) is 83.6 Å². The Morgan fingerprint density at radius 2 is 1.79 bits per heavy atom. The molecule has 0 spiro atoms. The maximum Gasteiger partial charge on any atom is 0.416 e. The minimum Gasteiger partial charge on any atom is -0.482 e. The van der Waals surface area contributed by atoms with E-state index in [9.17, 15) is 22.2 Å². The molecule has 0 bridgehead atoms. The molecular weight excluding hydrogens is 457 g/mol. The predicted octanol–water partition coefficient (Wildman–Crippen LogP) is 4.79. The minimum atomic E-state index is -4.38. The summed E-state index contributed by atoms with van der Waals surface area (Å²) in [6.07, 6.45) is -1.82. The SMILES string of the molecule is C[S@@](=N)(=O)c1ccc(COc2coc(CN3Cc4ccc(C(F)(F)F)cc4C3)cc2=O)cc1. The highest BCUT2D eigenvalue weighted by Crippen LogP contribution is 2.33. The number of rotatable bonds is 6. The van der Waals surface area contributed by atoms with E-state index in [1.54, 1.807) is 24.3 Å². The molecule has 2 heterocycles. The summed E-state index contributed by atoms with van der Waals surface area (Å²) in [6, 6.07) is 11.6. The van der Waals surface area contributed by atoms with Gasteiger partial charge in [0.1, 0.15) is 18.6 Å². The van der Waals surface area contributed by atoms with Crippen LogP contribution in [0.2, 0.25) is 0 Å². The van der Waals surface area contributed by atoms with Gasteiger partial charge >= 0.3 is 6.18 Å². The van der Waals surface area contributed by atoms with Gasteiger partial charge in [-0.15, -0.1) is 0 Å². The van der Waals surface area contributed by atoms with Crippen LogP contribution in [0.25, 0.3) is 0 Å². The fraction of sp³-hybridized carbons (Fsp3) is 0.261. The Kier molecular flexibility index (Phi) is 6.06. The molecule has 1 aliphatic heterocycles. The Balaban J connectivity index is 1.37. The van der Waals surface area contributed by atoms with Crippen LogP contribution in [-0.4, -0.2) is 15.4 Å². The third-order valence-electron chi connectivity index (χ3n) is 5.32. The smallest absolute Gasteiger partial charge is 0.416 e. The van der Waals surface area contributed by atoms with E-state index in [1.807, 2.05) is 4.90 Å². The summed E-state index contributed by atoms with van der Waals surface area (Å²) < 4.78 is 69.1. The molecule has 0 unspecified atom stereocenters. The molecule has 174 valence electrons. The Bertz CT molecular complexity index is 1330. The zero-order chi connectivity index (χ0) is 23.8. The summed E-state index contributed by atoms with van der Waals surface area (Å²) in [7, 11) is -2.79. The molecule has 0 fully saturated rings. The molecule has 3 aromatic rings. The van der Waals surface area contributed by atoms with Crippen LogP contribution in [0.15, 0.2) is 68.9 Å². The lowest BCUT2D eigenvalue weighted by Gasteiger charge is -2.14. The lowest BCUT2D eigenvalue weighted by molar-refractivity contribution is -0.137. The van der Waals surface area contributed by atoms with Gasteiger partial charge in [0.25, 0.3) is 0 Å². The van der Waals surface area contributed by atoms with Gasteiger partial charge in [0.05, 0.1) is 21.8 Å². The molecule has 6 nitrogen and oxygen atoms in total. The third kappa shape index (κ3) is 5.45. The lowest BCUT2D eigenvalue weighted by atomic mass is 10.1.